The Kier molecular flexibility index (Phi) is 6.96. The van der Waals surface area contributed by atoms with Crippen molar-refractivity contribution in [1.82, 2.24) is 20.1 Å². The van der Waals surface area contributed by atoms with Crippen molar-refractivity contribution < 1.29 is 18.0 Å². The van der Waals surface area contributed by atoms with E-state index >= 15 is 0 Å². The topological polar surface area (TPSA) is 59.8 Å². The second-order valence-electron chi connectivity index (χ2n) is 6.04. The van der Waals surface area contributed by atoms with Gasteiger partial charge in [-0.1, -0.05) is 76.2 Å². The van der Waals surface area contributed by atoms with Gasteiger partial charge < -0.3 is 5.32 Å². The number of nitrogens with one attached hydrogen (secondary N) is 1. The van der Waals surface area contributed by atoms with Crippen molar-refractivity contribution in [1.29, 1.82) is 0 Å². The van der Waals surface area contributed by atoms with Crippen molar-refractivity contribution in [2.45, 2.75) is 17.9 Å². The van der Waals surface area contributed by atoms with Crippen LogP contribution in [0.5, 0.6) is 0 Å². The highest BCUT2D eigenvalue weighted by molar-refractivity contribution is 9.10. The van der Waals surface area contributed by atoms with Crippen LogP contribution in [0.4, 0.5) is 13.2 Å². The van der Waals surface area contributed by atoms with E-state index in [-0.39, 0.29) is 5.75 Å². The van der Waals surface area contributed by atoms with Crippen molar-refractivity contribution in [3.05, 3.63) is 64.6 Å². The fourth-order valence-corrected chi connectivity index (χ4v) is 3.76. The number of hydrogen-bond donors (Lipinski definition) is 1. The largest absolute Gasteiger partial charge is 0.405 e. The second-order valence-corrected chi connectivity index (χ2v) is 7.84. The van der Waals surface area contributed by atoms with Gasteiger partial charge in [-0.3, -0.25) is 9.36 Å². The minimum atomic E-state index is -4.44. The zero-order chi connectivity index (χ0) is 20.9. The number of rotatable bonds is 7. The minimum Gasteiger partial charge on any atom is -0.346 e. The van der Waals surface area contributed by atoms with Crippen molar-refractivity contribution in [3.8, 4) is 11.4 Å². The van der Waals surface area contributed by atoms with Gasteiger partial charge >= 0.3 is 6.18 Å². The smallest absolute Gasteiger partial charge is 0.346 e. The first-order valence-corrected chi connectivity index (χ1v) is 10.3. The number of hydrogen-bond acceptors (Lipinski definition) is 4. The second kappa shape index (κ2) is 9.45. The lowest BCUT2D eigenvalue weighted by Crippen LogP contribution is -2.34. The number of amides is 1. The van der Waals surface area contributed by atoms with E-state index in [1.165, 1.54) is 0 Å². The van der Waals surface area contributed by atoms with Crippen LogP contribution < -0.4 is 5.32 Å². The molecule has 5 nitrogen and oxygen atoms in total. The van der Waals surface area contributed by atoms with Crippen molar-refractivity contribution in [2.24, 2.45) is 0 Å². The summed E-state index contributed by atoms with van der Waals surface area (Å²) < 4.78 is 39.5. The van der Waals surface area contributed by atoms with Gasteiger partial charge in [-0.15, -0.1) is 10.2 Å². The SMILES string of the molecule is O=C(CSc1nnc(-c2ccccc2Br)n1Cc1ccccc1)NCC(F)(F)F. The van der Waals surface area contributed by atoms with Gasteiger partial charge in [0, 0.05) is 10.0 Å². The molecule has 0 aliphatic rings. The van der Waals surface area contributed by atoms with Crippen LogP contribution >= 0.6 is 27.7 Å². The molecule has 0 spiro atoms. The molecule has 0 bridgehead atoms. The Labute approximate surface area is 177 Å². The van der Waals surface area contributed by atoms with E-state index in [4.69, 9.17) is 0 Å². The zero-order valence-corrected chi connectivity index (χ0v) is 17.4. The van der Waals surface area contributed by atoms with E-state index in [0.717, 1.165) is 27.4 Å². The third-order valence-electron chi connectivity index (χ3n) is 3.83. The maximum absolute atomic E-state index is 12.3. The summed E-state index contributed by atoms with van der Waals surface area (Å²) in [6.07, 6.45) is -4.44. The van der Waals surface area contributed by atoms with Crippen LogP contribution in [0.15, 0.2) is 64.2 Å². The number of thioether (sulfide) groups is 1. The highest BCUT2D eigenvalue weighted by Crippen LogP contribution is 2.30. The summed E-state index contributed by atoms with van der Waals surface area (Å²) in [7, 11) is 0. The van der Waals surface area contributed by atoms with Crippen LogP contribution in [-0.2, 0) is 11.3 Å². The average molecular weight is 485 g/mol. The zero-order valence-electron chi connectivity index (χ0n) is 15.0. The highest BCUT2D eigenvalue weighted by atomic mass is 79.9. The van der Waals surface area contributed by atoms with E-state index in [1.54, 1.807) is 0 Å². The summed E-state index contributed by atoms with van der Waals surface area (Å²) in [4.78, 5) is 11.8. The summed E-state index contributed by atoms with van der Waals surface area (Å²) in [6, 6.07) is 17.2. The van der Waals surface area contributed by atoms with E-state index in [2.05, 4.69) is 26.1 Å². The first-order valence-electron chi connectivity index (χ1n) is 8.52. The number of aromatic nitrogens is 3. The van der Waals surface area contributed by atoms with Gasteiger partial charge in [0.25, 0.3) is 0 Å². The van der Waals surface area contributed by atoms with Gasteiger partial charge in [-0.05, 0) is 11.6 Å². The van der Waals surface area contributed by atoms with Gasteiger partial charge in [0.15, 0.2) is 11.0 Å². The van der Waals surface area contributed by atoms with Crippen LogP contribution in [0.3, 0.4) is 0 Å². The summed E-state index contributed by atoms with van der Waals surface area (Å²) in [5, 5.41) is 10.7. The fraction of sp³-hybridized carbons (Fsp3) is 0.211. The van der Waals surface area contributed by atoms with E-state index in [1.807, 2.05) is 64.5 Å². The number of halogens is 4. The molecule has 1 heterocycles. The molecule has 0 fully saturated rings. The van der Waals surface area contributed by atoms with Crippen LogP contribution in [0.2, 0.25) is 0 Å². The van der Waals surface area contributed by atoms with E-state index in [0.29, 0.717) is 17.5 Å². The van der Waals surface area contributed by atoms with Crippen LogP contribution in [0.1, 0.15) is 5.56 Å². The highest BCUT2D eigenvalue weighted by Gasteiger charge is 2.27. The number of benzene rings is 2. The van der Waals surface area contributed by atoms with Crippen molar-refractivity contribution >= 4 is 33.6 Å². The van der Waals surface area contributed by atoms with Crippen molar-refractivity contribution in [3.63, 3.8) is 0 Å². The van der Waals surface area contributed by atoms with E-state index < -0.39 is 18.6 Å². The molecule has 0 unspecified atom stereocenters. The molecule has 0 aliphatic heterocycles. The Morgan fingerprint density at radius 3 is 2.45 bits per heavy atom. The molecular weight excluding hydrogens is 469 g/mol. The molecule has 0 radical (unpaired) electrons. The molecule has 0 saturated heterocycles. The maximum Gasteiger partial charge on any atom is 0.405 e. The van der Waals surface area contributed by atoms with Gasteiger partial charge in [0.2, 0.25) is 5.91 Å². The molecule has 29 heavy (non-hydrogen) atoms. The van der Waals surface area contributed by atoms with Crippen LogP contribution in [-0.4, -0.2) is 39.1 Å². The summed E-state index contributed by atoms with van der Waals surface area (Å²) >= 11 is 4.55. The molecule has 2 aromatic carbocycles. The first-order chi connectivity index (χ1) is 13.8. The minimum absolute atomic E-state index is 0.195. The van der Waals surface area contributed by atoms with Gasteiger partial charge in [0.05, 0.1) is 12.3 Å². The molecule has 1 aromatic heterocycles. The lowest BCUT2D eigenvalue weighted by atomic mass is 10.2. The predicted octanol–water partition coefficient (Wildman–Crippen LogP) is 4.53. The Hall–Kier alpha value is -2.33. The number of carbonyl (C=O) groups is 1. The van der Waals surface area contributed by atoms with Gasteiger partial charge in [0.1, 0.15) is 6.54 Å². The summed E-state index contributed by atoms with van der Waals surface area (Å²) in [5.41, 5.74) is 1.83. The van der Waals surface area contributed by atoms with Gasteiger partial charge in [-0.25, -0.2) is 0 Å². The summed E-state index contributed by atoms with van der Waals surface area (Å²) in [5.74, 6) is -0.317. The Morgan fingerprint density at radius 1 is 1.07 bits per heavy atom. The number of carbonyl (C=O) groups excluding carboxylic acids is 1. The number of alkyl halides is 3. The van der Waals surface area contributed by atoms with Crippen molar-refractivity contribution in [2.75, 3.05) is 12.3 Å². The molecule has 1 N–H and O–H groups in total. The third-order valence-corrected chi connectivity index (χ3v) is 5.49. The predicted molar refractivity (Wildman–Crippen MR) is 108 cm³/mol. The molecule has 1 amide bonds. The first kappa shape index (κ1) is 21.4. The lowest BCUT2D eigenvalue weighted by molar-refractivity contribution is -0.136. The molecule has 10 heteroatoms. The quantitative estimate of drug-likeness (QED) is 0.500. The van der Waals surface area contributed by atoms with E-state index in [9.17, 15) is 18.0 Å². The van der Waals surface area contributed by atoms with Crippen LogP contribution in [0, 0.1) is 0 Å². The molecule has 0 saturated carbocycles. The Morgan fingerprint density at radius 2 is 1.76 bits per heavy atom. The molecule has 3 aromatic rings. The molecular formula is C19H16BrF3N4OS. The monoisotopic (exact) mass is 484 g/mol. The average Bonchev–Trinajstić information content (AvgIpc) is 3.07. The Balaban J connectivity index is 1.83. The lowest BCUT2D eigenvalue weighted by Gasteiger charge is -2.12. The Bertz CT molecular complexity index is 979. The molecule has 152 valence electrons. The molecule has 3 rings (SSSR count). The third kappa shape index (κ3) is 6.07. The summed E-state index contributed by atoms with van der Waals surface area (Å²) in [6.45, 7) is -0.900. The van der Waals surface area contributed by atoms with Crippen LogP contribution in [0.25, 0.3) is 11.4 Å². The molecule has 0 atom stereocenters. The maximum atomic E-state index is 12.3. The molecule has 0 aliphatic carbocycles. The normalized spacial score (nSPS) is 11.4. The van der Waals surface area contributed by atoms with Gasteiger partial charge in [-0.2, -0.15) is 13.2 Å². The number of nitrogens with zero attached hydrogens (tertiary/aromatic N) is 3. The fourth-order valence-electron chi connectivity index (χ4n) is 2.53. The standard InChI is InChI=1S/C19H16BrF3N4OS/c20-15-9-5-4-8-14(15)17-25-26-18(27(17)10-13-6-2-1-3-7-13)29-11-16(28)24-12-19(21,22)23/h1-9H,10-12H2,(H,24,28).